The molecule has 0 N–H and O–H groups in total. The van der Waals surface area contributed by atoms with E-state index in [-0.39, 0.29) is 12.1 Å². The lowest BCUT2D eigenvalue weighted by molar-refractivity contribution is -0.308. The third kappa shape index (κ3) is 5.24. The monoisotopic (exact) mass is 620 g/mol. The topological polar surface area (TPSA) is 80.5 Å². The van der Waals surface area contributed by atoms with Gasteiger partial charge in [-0.1, -0.05) is 74.8 Å². The largest absolute Gasteiger partial charge is 0.375 e. The van der Waals surface area contributed by atoms with Crippen molar-refractivity contribution in [1.29, 1.82) is 0 Å². The Hall–Kier alpha value is -1.83. The number of rotatable bonds is 6. The van der Waals surface area contributed by atoms with Crippen LogP contribution in [0, 0.1) is 0 Å². The quantitative estimate of drug-likeness (QED) is 0.259. The molecule has 2 fully saturated rings. The van der Waals surface area contributed by atoms with Crippen LogP contribution in [0.5, 0.6) is 0 Å². The maximum absolute atomic E-state index is 6.55. The number of nitrogens with zero attached hydrogens (tertiary/aromatic N) is 4. The van der Waals surface area contributed by atoms with Gasteiger partial charge in [-0.25, -0.2) is 9.67 Å². The van der Waals surface area contributed by atoms with E-state index in [1.165, 1.54) is 23.1 Å². The Kier molecular flexibility index (Phi) is 7.64. The van der Waals surface area contributed by atoms with Gasteiger partial charge in [0.05, 0.1) is 17.8 Å². The molecule has 0 amide bonds. The highest BCUT2D eigenvalue weighted by Crippen LogP contribution is 2.45. The number of hydrogen-bond acceptors (Lipinski definition) is 9. The van der Waals surface area contributed by atoms with Gasteiger partial charge in [0.25, 0.3) is 0 Å². The van der Waals surface area contributed by atoms with E-state index in [2.05, 4.69) is 31.2 Å². The van der Waals surface area contributed by atoms with Crippen LogP contribution in [0.3, 0.4) is 0 Å². The summed E-state index contributed by atoms with van der Waals surface area (Å²) in [5.41, 5.74) is 1.22. The van der Waals surface area contributed by atoms with Crippen LogP contribution >= 0.6 is 50.6 Å². The Morgan fingerprint density at radius 2 is 2.05 bits per heavy atom. The highest BCUT2D eigenvalue weighted by Gasteiger charge is 2.52. The molecule has 4 heterocycles. The molecule has 4 aromatic rings. The number of methoxy groups -OCH3 is 1. The predicted octanol–water partition coefficient (Wildman–Crippen LogP) is 6.01. The lowest BCUT2D eigenvalue weighted by Crippen LogP contribution is -2.59. The van der Waals surface area contributed by atoms with Gasteiger partial charge in [-0.3, -0.25) is 0 Å². The van der Waals surface area contributed by atoms with Crippen molar-refractivity contribution in [1.82, 2.24) is 20.0 Å². The first-order valence-corrected chi connectivity index (χ1v) is 14.5. The minimum absolute atomic E-state index is 0.344. The van der Waals surface area contributed by atoms with Crippen molar-refractivity contribution in [2.24, 2.45) is 0 Å². The molecule has 0 bridgehead atoms. The van der Waals surface area contributed by atoms with Gasteiger partial charge in [-0.15, -0.1) is 16.4 Å². The van der Waals surface area contributed by atoms with Crippen LogP contribution in [-0.2, 0) is 18.9 Å². The van der Waals surface area contributed by atoms with E-state index < -0.39 is 23.9 Å². The molecule has 6 atom stereocenters. The van der Waals surface area contributed by atoms with Crippen LogP contribution in [0.15, 0.2) is 75.7 Å². The molecule has 8 nitrogen and oxygen atoms in total. The first kappa shape index (κ1) is 25.4. The van der Waals surface area contributed by atoms with Crippen LogP contribution in [0.1, 0.15) is 17.9 Å². The Morgan fingerprint density at radius 1 is 1.19 bits per heavy atom. The minimum atomic E-state index is -0.531. The van der Waals surface area contributed by atoms with Crippen molar-refractivity contribution < 1.29 is 18.9 Å². The summed E-state index contributed by atoms with van der Waals surface area (Å²) in [7, 11) is 1.67. The van der Waals surface area contributed by atoms with E-state index in [0.717, 1.165) is 19.9 Å². The fourth-order valence-electron chi connectivity index (χ4n) is 4.56. The summed E-state index contributed by atoms with van der Waals surface area (Å²) in [6.07, 6.45) is 1.93. The van der Waals surface area contributed by atoms with Gasteiger partial charge in [-0.05, 0) is 18.2 Å². The number of fused-ring (bicyclic) bond motifs is 1. The van der Waals surface area contributed by atoms with Crippen molar-refractivity contribution in [3.05, 3.63) is 81.4 Å². The van der Waals surface area contributed by atoms with Gasteiger partial charge in [0.1, 0.15) is 40.5 Å². The standard InChI is InChI=1S/C25H22BrClN4O4S2/c1-32-22-20(31-12-17(29-30-31)23-28-9-10-36-23)21-18(13-33-24(35-21)14-5-3-2-4-6-14)34-25(22)37-19-11-15(26)7-8-16(19)27/h2-12,18,20-22,24-25H,13H2,1H3/t18?,20-,21-,22?,24?,25+/m0/s1. The molecule has 2 saturated heterocycles. The lowest BCUT2D eigenvalue weighted by Gasteiger charge is -2.48. The van der Waals surface area contributed by atoms with Crippen molar-refractivity contribution in [2.75, 3.05) is 13.7 Å². The summed E-state index contributed by atoms with van der Waals surface area (Å²) >= 11 is 13.1. The molecular formula is C25H22BrClN4O4S2. The first-order chi connectivity index (χ1) is 18.1. The summed E-state index contributed by atoms with van der Waals surface area (Å²) in [6.45, 7) is 0.356. The van der Waals surface area contributed by atoms with Gasteiger partial charge >= 0.3 is 0 Å². The van der Waals surface area contributed by atoms with E-state index in [0.29, 0.717) is 17.3 Å². The molecule has 3 unspecified atom stereocenters. The zero-order valence-corrected chi connectivity index (χ0v) is 23.5. The van der Waals surface area contributed by atoms with Gasteiger partial charge < -0.3 is 18.9 Å². The van der Waals surface area contributed by atoms with E-state index in [9.17, 15) is 0 Å². The van der Waals surface area contributed by atoms with Crippen LogP contribution in [-0.4, -0.2) is 57.4 Å². The average Bonchev–Trinajstić information content (AvgIpc) is 3.63. The van der Waals surface area contributed by atoms with E-state index >= 15 is 0 Å². The molecule has 2 aromatic carbocycles. The summed E-state index contributed by atoms with van der Waals surface area (Å²) < 4.78 is 28.0. The summed E-state index contributed by atoms with van der Waals surface area (Å²) in [6, 6.07) is 15.3. The van der Waals surface area contributed by atoms with Gasteiger partial charge in [0, 0.05) is 33.6 Å². The smallest absolute Gasteiger partial charge is 0.184 e. The fourth-order valence-corrected chi connectivity index (χ4v) is 7.14. The Bertz CT molecular complexity index is 1350. The maximum Gasteiger partial charge on any atom is 0.184 e. The van der Waals surface area contributed by atoms with Crippen molar-refractivity contribution in [3.8, 4) is 10.7 Å². The molecule has 12 heteroatoms. The molecular weight excluding hydrogens is 600 g/mol. The second kappa shape index (κ2) is 11.1. The number of aromatic nitrogens is 4. The number of halogens is 2. The van der Waals surface area contributed by atoms with Crippen LogP contribution < -0.4 is 0 Å². The van der Waals surface area contributed by atoms with Crippen molar-refractivity contribution >= 4 is 50.6 Å². The van der Waals surface area contributed by atoms with Gasteiger partial charge in [0.2, 0.25) is 0 Å². The SMILES string of the molecule is COC1[C@@H](Sc2cc(Br)ccc2Cl)OC2COC(c3ccccc3)O[C@@H]2[C@@H]1n1cc(-c2nccs2)nn1. The molecule has 2 aliphatic heterocycles. The molecule has 2 aliphatic rings. The zero-order chi connectivity index (χ0) is 25.4. The number of thiazole rings is 1. The number of ether oxygens (including phenoxy) is 4. The summed E-state index contributed by atoms with van der Waals surface area (Å²) in [5, 5.41) is 12.2. The normalized spacial score (nSPS) is 27.6. The summed E-state index contributed by atoms with van der Waals surface area (Å²) in [5.74, 6) is 0. The molecule has 0 saturated carbocycles. The van der Waals surface area contributed by atoms with E-state index in [4.69, 9.17) is 30.5 Å². The zero-order valence-electron chi connectivity index (χ0n) is 19.5. The van der Waals surface area contributed by atoms with Crippen molar-refractivity contribution in [2.45, 2.75) is 41.0 Å². The molecule has 192 valence electrons. The molecule has 2 aromatic heterocycles. The highest BCUT2D eigenvalue weighted by molar-refractivity contribution is 9.10. The van der Waals surface area contributed by atoms with Crippen LogP contribution in [0.4, 0.5) is 0 Å². The molecule has 0 spiro atoms. The molecule has 0 radical (unpaired) electrons. The first-order valence-electron chi connectivity index (χ1n) is 11.5. The Morgan fingerprint density at radius 3 is 2.84 bits per heavy atom. The number of hydrogen-bond donors (Lipinski definition) is 0. The lowest BCUT2D eigenvalue weighted by atomic mass is 9.96. The van der Waals surface area contributed by atoms with Crippen LogP contribution in [0.25, 0.3) is 10.7 Å². The minimum Gasteiger partial charge on any atom is -0.375 e. The second-order valence-electron chi connectivity index (χ2n) is 8.52. The number of benzene rings is 2. The van der Waals surface area contributed by atoms with Crippen LogP contribution in [0.2, 0.25) is 5.02 Å². The van der Waals surface area contributed by atoms with E-state index in [1.54, 1.807) is 13.3 Å². The average molecular weight is 622 g/mol. The third-order valence-electron chi connectivity index (χ3n) is 6.26. The summed E-state index contributed by atoms with van der Waals surface area (Å²) in [4.78, 5) is 5.26. The van der Waals surface area contributed by atoms with Gasteiger partial charge in [0.15, 0.2) is 6.29 Å². The molecule has 0 aliphatic carbocycles. The van der Waals surface area contributed by atoms with Gasteiger partial charge in [-0.2, -0.15) is 0 Å². The second-order valence-corrected chi connectivity index (χ2v) is 11.9. The number of thioether (sulfide) groups is 1. The van der Waals surface area contributed by atoms with E-state index in [1.807, 2.05) is 64.8 Å². The Labute approximate surface area is 235 Å². The highest BCUT2D eigenvalue weighted by atomic mass is 79.9. The molecule has 37 heavy (non-hydrogen) atoms. The predicted molar refractivity (Wildman–Crippen MR) is 145 cm³/mol. The maximum atomic E-state index is 6.55. The van der Waals surface area contributed by atoms with Crippen molar-refractivity contribution in [3.63, 3.8) is 0 Å². The third-order valence-corrected chi connectivity index (χ3v) is 9.19. The molecule has 6 rings (SSSR count). The fraction of sp³-hybridized carbons (Fsp3) is 0.320. The Balaban J connectivity index is 1.36.